The molecule has 0 radical (unpaired) electrons. The third-order valence-corrected chi connectivity index (χ3v) is 8.64. The van der Waals surface area contributed by atoms with Gasteiger partial charge in [0.05, 0.1) is 10.6 Å². The number of anilines is 1. The number of aryl methyl sites for hydroxylation is 3. The fourth-order valence-corrected chi connectivity index (χ4v) is 5.62. The lowest BCUT2D eigenvalue weighted by Gasteiger charge is -2.33. The van der Waals surface area contributed by atoms with Crippen molar-refractivity contribution in [2.75, 3.05) is 10.8 Å². The first-order chi connectivity index (χ1) is 18.6. The summed E-state index contributed by atoms with van der Waals surface area (Å²) in [5, 5.41) is 3.33. The molecule has 2 amide bonds. The highest BCUT2D eigenvalue weighted by Gasteiger charge is 2.33. The largest absolute Gasteiger partial charge is 0.350 e. The molecule has 3 rings (SSSR count). The van der Waals surface area contributed by atoms with Crippen molar-refractivity contribution in [3.8, 4) is 0 Å². The maximum atomic E-state index is 14.0. The van der Waals surface area contributed by atoms with Gasteiger partial charge >= 0.3 is 0 Å². The Labute approximate surface area is 243 Å². The molecule has 0 bridgehead atoms. The summed E-state index contributed by atoms with van der Waals surface area (Å²) in [6, 6.07) is 17.9. The van der Waals surface area contributed by atoms with E-state index in [-0.39, 0.29) is 17.3 Å². The normalized spacial score (nSPS) is 12.5. The number of rotatable bonds is 9. The molecule has 0 aromatic heterocycles. The number of hydrogen-bond acceptors (Lipinski definition) is 4. The Morgan fingerprint density at radius 1 is 0.900 bits per heavy atom. The van der Waals surface area contributed by atoms with Crippen molar-refractivity contribution in [1.82, 2.24) is 10.2 Å². The van der Waals surface area contributed by atoms with Crippen LogP contribution in [0.2, 0.25) is 5.02 Å². The SMILES string of the molecule is Cc1ccc(CN(C(=O)CN(c2ccc(C)c(C)c2)S(=O)(=O)c2ccc(Cl)cc2)C(C)C(=O)NC(C)(C)C)cc1. The lowest BCUT2D eigenvalue weighted by atomic mass is 10.1. The van der Waals surface area contributed by atoms with E-state index in [2.05, 4.69) is 5.32 Å². The fraction of sp³-hybridized carbons (Fsp3) is 0.355. The number of nitrogens with one attached hydrogen (secondary N) is 1. The summed E-state index contributed by atoms with van der Waals surface area (Å²) in [5.41, 5.74) is 3.62. The molecule has 1 N–H and O–H groups in total. The fourth-order valence-electron chi connectivity index (χ4n) is 4.09. The van der Waals surface area contributed by atoms with Crippen molar-refractivity contribution >= 4 is 39.1 Å². The van der Waals surface area contributed by atoms with Crippen LogP contribution in [-0.2, 0) is 26.2 Å². The highest BCUT2D eigenvalue weighted by atomic mass is 35.5. The van der Waals surface area contributed by atoms with Crippen LogP contribution in [0.3, 0.4) is 0 Å². The van der Waals surface area contributed by atoms with E-state index in [1.54, 1.807) is 19.1 Å². The predicted octanol–water partition coefficient (Wildman–Crippen LogP) is 5.79. The zero-order valence-corrected chi connectivity index (χ0v) is 25.7. The van der Waals surface area contributed by atoms with Crippen LogP contribution in [-0.4, -0.2) is 43.3 Å². The quantitative estimate of drug-likeness (QED) is 0.345. The van der Waals surface area contributed by atoms with Crippen LogP contribution >= 0.6 is 11.6 Å². The number of amides is 2. The van der Waals surface area contributed by atoms with Crippen LogP contribution in [0.5, 0.6) is 0 Å². The number of carbonyl (C=O) groups is 2. The topological polar surface area (TPSA) is 86.8 Å². The van der Waals surface area contributed by atoms with Gasteiger partial charge < -0.3 is 10.2 Å². The van der Waals surface area contributed by atoms with Gasteiger partial charge in [-0.05, 0) is 102 Å². The minimum atomic E-state index is -4.16. The van der Waals surface area contributed by atoms with Crippen molar-refractivity contribution in [3.63, 3.8) is 0 Å². The van der Waals surface area contributed by atoms with Gasteiger partial charge in [0, 0.05) is 17.1 Å². The van der Waals surface area contributed by atoms with E-state index in [0.717, 1.165) is 26.6 Å². The Hall–Kier alpha value is -3.36. The Morgan fingerprint density at radius 3 is 2.05 bits per heavy atom. The zero-order valence-electron chi connectivity index (χ0n) is 24.2. The molecule has 7 nitrogen and oxygen atoms in total. The summed E-state index contributed by atoms with van der Waals surface area (Å²) in [6.07, 6.45) is 0. The van der Waals surface area contributed by atoms with E-state index < -0.39 is 34.1 Å². The molecule has 214 valence electrons. The summed E-state index contributed by atoms with van der Waals surface area (Å²) < 4.78 is 28.9. The second kappa shape index (κ2) is 12.4. The number of benzene rings is 3. The second-order valence-corrected chi connectivity index (χ2v) is 13.5. The predicted molar refractivity (Wildman–Crippen MR) is 161 cm³/mol. The number of carbonyl (C=O) groups excluding carboxylic acids is 2. The molecule has 0 saturated carbocycles. The van der Waals surface area contributed by atoms with E-state index in [4.69, 9.17) is 11.6 Å². The van der Waals surface area contributed by atoms with Gasteiger partial charge in [-0.1, -0.05) is 47.5 Å². The molecular weight excluding hydrogens is 546 g/mol. The maximum absolute atomic E-state index is 14.0. The van der Waals surface area contributed by atoms with Crippen molar-refractivity contribution in [2.45, 2.75) is 71.5 Å². The first-order valence-electron chi connectivity index (χ1n) is 13.1. The van der Waals surface area contributed by atoms with E-state index >= 15 is 0 Å². The molecule has 0 heterocycles. The average Bonchev–Trinajstić information content (AvgIpc) is 2.87. The van der Waals surface area contributed by atoms with Crippen LogP contribution in [0.1, 0.15) is 49.9 Å². The molecule has 0 saturated heterocycles. The first-order valence-corrected chi connectivity index (χ1v) is 14.9. The van der Waals surface area contributed by atoms with Crippen LogP contribution in [0.25, 0.3) is 0 Å². The molecular formula is C31H38ClN3O4S. The molecule has 0 fully saturated rings. The summed E-state index contributed by atoms with van der Waals surface area (Å²) in [5.74, 6) is -0.834. The van der Waals surface area contributed by atoms with E-state index in [9.17, 15) is 18.0 Å². The lowest BCUT2D eigenvalue weighted by molar-refractivity contribution is -0.140. The number of hydrogen-bond donors (Lipinski definition) is 1. The summed E-state index contributed by atoms with van der Waals surface area (Å²) in [7, 11) is -4.16. The van der Waals surface area contributed by atoms with E-state index in [1.807, 2.05) is 71.9 Å². The zero-order chi connectivity index (χ0) is 29.8. The minimum Gasteiger partial charge on any atom is -0.350 e. The van der Waals surface area contributed by atoms with Gasteiger partial charge in [-0.25, -0.2) is 8.42 Å². The molecule has 9 heteroatoms. The highest BCUT2D eigenvalue weighted by Crippen LogP contribution is 2.27. The number of halogens is 1. The summed E-state index contributed by atoms with van der Waals surface area (Å²) >= 11 is 6.01. The lowest BCUT2D eigenvalue weighted by Crippen LogP contribution is -2.54. The van der Waals surface area contributed by atoms with Gasteiger partial charge in [0.2, 0.25) is 11.8 Å². The minimum absolute atomic E-state index is 0.00605. The highest BCUT2D eigenvalue weighted by molar-refractivity contribution is 7.92. The van der Waals surface area contributed by atoms with Gasteiger partial charge in [0.15, 0.2) is 0 Å². The Kier molecular flexibility index (Phi) is 9.69. The van der Waals surface area contributed by atoms with Gasteiger partial charge in [-0.3, -0.25) is 13.9 Å². The van der Waals surface area contributed by atoms with Gasteiger partial charge in [-0.2, -0.15) is 0 Å². The van der Waals surface area contributed by atoms with Crippen molar-refractivity contribution < 1.29 is 18.0 Å². The molecule has 1 atom stereocenters. The van der Waals surface area contributed by atoms with Gasteiger partial charge in [0.25, 0.3) is 10.0 Å². The molecule has 1 unspecified atom stereocenters. The Balaban J connectivity index is 2.06. The Morgan fingerprint density at radius 2 is 1.50 bits per heavy atom. The maximum Gasteiger partial charge on any atom is 0.264 e. The third kappa shape index (κ3) is 7.86. The molecule has 0 aliphatic carbocycles. The molecule has 3 aromatic rings. The summed E-state index contributed by atoms with van der Waals surface area (Å²) in [6.45, 7) is 12.7. The van der Waals surface area contributed by atoms with E-state index in [0.29, 0.717) is 10.7 Å². The van der Waals surface area contributed by atoms with Gasteiger partial charge in [-0.15, -0.1) is 0 Å². The monoisotopic (exact) mass is 583 g/mol. The average molecular weight is 584 g/mol. The standard InChI is InChI=1S/C31H38ClN3O4S/c1-21-8-11-25(12-9-21)19-34(24(4)30(37)33-31(5,6)7)29(36)20-35(27-15-10-22(2)23(3)18-27)40(38,39)28-16-13-26(32)14-17-28/h8-18,24H,19-20H2,1-7H3,(H,33,37). The molecule has 0 aliphatic heterocycles. The third-order valence-electron chi connectivity index (χ3n) is 6.60. The van der Waals surface area contributed by atoms with Crippen LogP contribution in [0.15, 0.2) is 71.6 Å². The Bertz CT molecular complexity index is 1460. The van der Waals surface area contributed by atoms with Crippen LogP contribution in [0, 0.1) is 20.8 Å². The summed E-state index contributed by atoms with van der Waals surface area (Å²) in [4.78, 5) is 28.6. The van der Waals surface area contributed by atoms with Crippen molar-refractivity contribution in [3.05, 3.63) is 94.0 Å². The first kappa shape index (κ1) is 31.2. The number of nitrogens with zero attached hydrogens (tertiary/aromatic N) is 2. The molecule has 0 aliphatic rings. The van der Waals surface area contributed by atoms with E-state index in [1.165, 1.54) is 29.2 Å². The van der Waals surface area contributed by atoms with Crippen LogP contribution in [0.4, 0.5) is 5.69 Å². The second-order valence-electron chi connectivity index (χ2n) is 11.2. The van der Waals surface area contributed by atoms with Crippen molar-refractivity contribution in [1.29, 1.82) is 0 Å². The smallest absolute Gasteiger partial charge is 0.264 e. The molecule has 0 spiro atoms. The molecule has 40 heavy (non-hydrogen) atoms. The van der Waals surface area contributed by atoms with Gasteiger partial charge in [0.1, 0.15) is 12.6 Å². The number of sulfonamides is 1. The van der Waals surface area contributed by atoms with Crippen LogP contribution < -0.4 is 9.62 Å². The van der Waals surface area contributed by atoms with Crippen molar-refractivity contribution in [2.24, 2.45) is 0 Å². The molecule has 3 aromatic carbocycles.